The normalized spacial score (nSPS) is 16.2. The van der Waals surface area contributed by atoms with Gasteiger partial charge in [0.15, 0.2) is 0 Å². The summed E-state index contributed by atoms with van der Waals surface area (Å²) >= 11 is 3.40. The average Bonchev–Trinajstić information content (AvgIpc) is 3.47. The Morgan fingerprint density at radius 2 is 1.87 bits per heavy atom. The Morgan fingerprint density at radius 1 is 1.06 bits per heavy atom. The fourth-order valence-corrected chi connectivity index (χ4v) is 4.11. The van der Waals surface area contributed by atoms with Crippen molar-refractivity contribution in [2.24, 2.45) is 0 Å². The van der Waals surface area contributed by atoms with Crippen LogP contribution >= 0.6 is 15.9 Å². The molecule has 2 aromatic carbocycles. The number of para-hydroxylation sites is 1. The molecule has 0 radical (unpaired) electrons. The van der Waals surface area contributed by atoms with Gasteiger partial charge >= 0.3 is 5.69 Å². The molecule has 31 heavy (non-hydrogen) atoms. The second kappa shape index (κ2) is 8.24. The molecule has 0 saturated carbocycles. The maximum Gasteiger partial charge on any atom is 0.332 e. The van der Waals surface area contributed by atoms with Gasteiger partial charge in [0, 0.05) is 16.6 Å². The molecule has 1 fully saturated rings. The van der Waals surface area contributed by atoms with Crippen molar-refractivity contribution >= 4 is 26.8 Å². The molecule has 1 atom stereocenters. The maximum atomic E-state index is 13.3. The van der Waals surface area contributed by atoms with Crippen LogP contribution in [-0.4, -0.2) is 32.0 Å². The molecule has 0 amide bonds. The Bertz CT molecular complexity index is 1350. The van der Waals surface area contributed by atoms with Gasteiger partial charge in [0.05, 0.1) is 23.6 Å². The summed E-state index contributed by atoms with van der Waals surface area (Å²) in [4.78, 5) is 30.7. The smallest absolute Gasteiger partial charge is 0.332 e. The fraction of sp³-hybridized carbons (Fsp3) is 0.273. The van der Waals surface area contributed by atoms with Gasteiger partial charge < -0.3 is 9.26 Å². The number of nitrogens with zero attached hydrogens (tertiary/aromatic N) is 4. The Hall–Kier alpha value is -3.04. The number of rotatable bonds is 5. The van der Waals surface area contributed by atoms with E-state index in [0.717, 1.165) is 22.9 Å². The minimum atomic E-state index is -0.414. The summed E-state index contributed by atoms with van der Waals surface area (Å²) in [7, 11) is 0. The third kappa shape index (κ3) is 3.86. The van der Waals surface area contributed by atoms with E-state index >= 15 is 0 Å². The lowest BCUT2D eigenvalue weighted by atomic mass is 10.2. The molecule has 158 valence electrons. The Balaban J connectivity index is 1.55. The zero-order valence-corrected chi connectivity index (χ0v) is 18.1. The van der Waals surface area contributed by atoms with E-state index in [0.29, 0.717) is 23.3 Å². The molecule has 1 aliphatic heterocycles. The first-order valence-electron chi connectivity index (χ1n) is 10.0. The number of hydrogen-bond donors (Lipinski definition) is 0. The summed E-state index contributed by atoms with van der Waals surface area (Å²) in [5, 5.41) is 4.51. The molecule has 0 bridgehead atoms. The third-order valence-corrected chi connectivity index (χ3v) is 5.93. The van der Waals surface area contributed by atoms with E-state index in [2.05, 4.69) is 26.1 Å². The predicted molar refractivity (Wildman–Crippen MR) is 118 cm³/mol. The highest BCUT2D eigenvalue weighted by Crippen LogP contribution is 2.20. The van der Waals surface area contributed by atoms with Crippen LogP contribution in [0.15, 0.2) is 67.1 Å². The molecule has 4 aromatic rings. The van der Waals surface area contributed by atoms with Crippen LogP contribution in [0.25, 0.3) is 22.3 Å². The van der Waals surface area contributed by atoms with Gasteiger partial charge in [-0.2, -0.15) is 4.98 Å². The molecule has 9 heteroatoms. The first-order chi connectivity index (χ1) is 15.1. The lowest BCUT2D eigenvalue weighted by Gasteiger charge is -2.15. The summed E-state index contributed by atoms with van der Waals surface area (Å²) in [6.45, 7) is 0.952. The Labute approximate surface area is 185 Å². The van der Waals surface area contributed by atoms with Crippen molar-refractivity contribution in [2.75, 3.05) is 6.61 Å². The van der Waals surface area contributed by atoms with Crippen molar-refractivity contribution in [3.05, 3.63) is 79.7 Å². The molecular formula is C22H19BrN4O4. The van der Waals surface area contributed by atoms with Gasteiger partial charge in [0.2, 0.25) is 11.7 Å². The molecule has 0 spiro atoms. The van der Waals surface area contributed by atoms with E-state index < -0.39 is 5.69 Å². The summed E-state index contributed by atoms with van der Waals surface area (Å²) in [5.74, 6) is 0.722. The highest BCUT2D eigenvalue weighted by atomic mass is 79.9. The molecule has 1 saturated heterocycles. The van der Waals surface area contributed by atoms with Crippen LogP contribution < -0.4 is 11.2 Å². The third-order valence-electron chi connectivity index (χ3n) is 5.41. The minimum Gasteiger partial charge on any atom is -0.376 e. The summed E-state index contributed by atoms with van der Waals surface area (Å²) in [6.07, 6.45) is 1.63. The molecule has 1 aliphatic rings. The van der Waals surface area contributed by atoms with Crippen molar-refractivity contribution in [2.45, 2.75) is 32.0 Å². The highest BCUT2D eigenvalue weighted by Gasteiger charge is 2.21. The van der Waals surface area contributed by atoms with Crippen LogP contribution in [0.3, 0.4) is 0 Å². The first-order valence-corrected chi connectivity index (χ1v) is 10.8. The number of aromatic nitrogens is 4. The second-order valence-corrected chi connectivity index (χ2v) is 8.37. The predicted octanol–water partition coefficient (Wildman–Crippen LogP) is 3.20. The van der Waals surface area contributed by atoms with Crippen LogP contribution in [0, 0.1) is 0 Å². The van der Waals surface area contributed by atoms with Crippen LogP contribution in [0.5, 0.6) is 0 Å². The summed E-state index contributed by atoms with van der Waals surface area (Å²) < 4.78 is 14.8. The largest absolute Gasteiger partial charge is 0.376 e. The SMILES string of the molecule is O=c1c2ccccc2n(Cc2nc(-c3ccc(Br)cc3)no2)c(=O)n1C[C@H]1CCCO1. The van der Waals surface area contributed by atoms with Crippen LogP contribution in [0.4, 0.5) is 0 Å². The van der Waals surface area contributed by atoms with Crippen molar-refractivity contribution in [3.63, 3.8) is 0 Å². The maximum absolute atomic E-state index is 13.3. The number of ether oxygens (including phenoxy) is 1. The molecular weight excluding hydrogens is 464 g/mol. The lowest BCUT2D eigenvalue weighted by Crippen LogP contribution is -2.42. The van der Waals surface area contributed by atoms with Crippen molar-refractivity contribution in [3.8, 4) is 11.4 Å². The molecule has 0 unspecified atom stereocenters. The van der Waals surface area contributed by atoms with Crippen LogP contribution in [0.1, 0.15) is 18.7 Å². The van der Waals surface area contributed by atoms with Gasteiger partial charge in [0.25, 0.3) is 5.56 Å². The van der Waals surface area contributed by atoms with Crippen LogP contribution in [0.2, 0.25) is 0 Å². The number of hydrogen-bond acceptors (Lipinski definition) is 6. The van der Waals surface area contributed by atoms with E-state index in [1.807, 2.05) is 24.3 Å². The van der Waals surface area contributed by atoms with Gasteiger partial charge in [-0.3, -0.25) is 13.9 Å². The Morgan fingerprint density at radius 3 is 2.65 bits per heavy atom. The van der Waals surface area contributed by atoms with Crippen LogP contribution in [-0.2, 0) is 17.8 Å². The van der Waals surface area contributed by atoms with Gasteiger partial charge in [-0.25, -0.2) is 4.79 Å². The molecule has 0 aliphatic carbocycles. The van der Waals surface area contributed by atoms with E-state index in [1.54, 1.807) is 24.3 Å². The number of fused-ring (bicyclic) bond motifs is 1. The van der Waals surface area contributed by atoms with E-state index in [1.165, 1.54) is 9.13 Å². The molecule has 0 N–H and O–H groups in total. The fourth-order valence-electron chi connectivity index (χ4n) is 3.85. The lowest BCUT2D eigenvalue weighted by molar-refractivity contribution is 0.0948. The van der Waals surface area contributed by atoms with Crippen molar-refractivity contribution in [1.82, 2.24) is 19.3 Å². The van der Waals surface area contributed by atoms with Gasteiger partial charge in [-0.05, 0) is 49.2 Å². The monoisotopic (exact) mass is 482 g/mol. The molecule has 5 rings (SSSR count). The van der Waals surface area contributed by atoms with E-state index in [9.17, 15) is 9.59 Å². The number of halogens is 1. The minimum absolute atomic E-state index is 0.0642. The molecule has 3 heterocycles. The van der Waals surface area contributed by atoms with Gasteiger partial charge in [-0.15, -0.1) is 0 Å². The van der Waals surface area contributed by atoms with E-state index in [-0.39, 0.29) is 30.6 Å². The van der Waals surface area contributed by atoms with Gasteiger partial charge in [0.1, 0.15) is 6.54 Å². The zero-order chi connectivity index (χ0) is 21.4. The summed E-state index contributed by atoms with van der Waals surface area (Å²) in [6, 6.07) is 14.6. The standard InChI is InChI=1S/C22H19BrN4O4/c23-15-9-7-14(8-10-15)20-24-19(31-25-20)13-26-18-6-2-1-5-17(18)21(28)27(22(26)29)12-16-4-3-11-30-16/h1-2,5-10,16H,3-4,11-13H2/t16-/m1/s1. The molecule has 8 nitrogen and oxygen atoms in total. The number of benzene rings is 2. The average molecular weight is 483 g/mol. The quantitative estimate of drug-likeness (QED) is 0.433. The second-order valence-electron chi connectivity index (χ2n) is 7.46. The van der Waals surface area contributed by atoms with Crippen molar-refractivity contribution < 1.29 is 9.26 Å². The first kappa shape index (κ1) is 19.9. The zero-order valence-electron chi connectivity index (χ0n) is 16.5. The highest BCUT2D eigenvalue weighted by molar-refractivity contribution is 9.10. The van der Waals surface area contributed by atoms with Gasteiger partial charge in [-0.1, -0.05) is 33.2 Å². The Kier molecular flexibility index (Phi) is 5.29. The summed E-state index contributed by atoms with van der Waals surface area (Å²) in [5.41, 5.74) is 0.610. The van der Waals surface area contributed by atoms with Crippen molar-refractivity contribution in [1.29, 1.82) is 0 Å². The molecule has 2 aromatic heterocycles. The topological polar surface area (TPSA) is 92.2 Å². The van der Waals surface area contributed by atoms with E-state index in [4.69, 9.17) is 9.26 Å².